The van der Waals surface area contributed by atoms with E-state index in [0.717, 1.165) is 32.0 Å². The van der Waals surface area contributed by atoms with Gasteiger partial charge in [-0.3, -0.25) is 0 Å². The van der Waals surface area contributed by atoms with E-state index in [-0.39, 0.29) is 0 Å². The van der Waals surface area contributed by atoms with Crippen molar-refractivity contribution in [3.8, 4) is 0 Å². The zero-order valence-corrected chi connectivity index (χ0v) is 9.04. The molecule has 0 bridgehead atoms. The van der Waals surface area contributed by atoms with Crippen LogP contribution in [-0.2, 0) is 0 Å². The minimum absolute atomic E-state index is 0.571. The first-order valence-corrected chi connectivity index (χ1v) is 5.19. The number of rotatable bonds is 1. The van der Waals surface area contributed by atoms with Gasteiger partial charge in [0, 0.05) is 26.2 Å². The Bertz CT molecular complexity index is 313. The van der Waals surface area contributed by atoms with Crippen LogP contribution in [0.1, 0.15) is 0 Å². The molecule has 3 nitrogen and oxygen atoms in total. The highest BCUT2D eigenvalue weighted by Crippen LogP contribution is 2.15. The quantitative estimate of drug-likeness (QED) is 0.493. The molecule has 0 N–H and O–H groups in total. The lowest BCUT2D eigenvalue weighted by atomic mass is 10.2. The van der Waals surface area contributed by atoms with Crippen LogP contribution in [0.15, 0.2) is 18.2 Å². The lowest BCUT2D eigenvalue weighted by molar-refractivity contribution is 0.413. The fourth-order valence-electron chi connectivity index (χ4n) is 1.61. The third-order valence-corrected chi connectivity index (χ3v) is 2.74. The first kappa shape index (κ1) is 9.81. The smallest absolute Gasteiger partial charge is 0.185 e. The van der Waals surface area contributed by atoms with Crippen LogP contribution in [0.2, 0.25) is 5.15 Å². The Kier molecular flexibility index (Phi) is 2.94. The Morgan fingerprint density at radius 2 is 1.93 bits per heavy atom. The lowest BCUT2D eigenvalue weighted by Gasteiger charge is -2.33. The molecule has 0 aromatic carbocycles. The van der Waals surface area contributed by atoms with E-state index < -0.39 is 0 Å². The van der Waals surface area contributed by atoms with E-state index in [0.29, 0.717) is 5.15 Å². The van der Waals surface area contributed by atoms with Crippen LogP contribution in [0.25, 0.3) is 0 Å². The average molecular weight is 209 g/mol. The second kappa shape index (κ2) is 4.19. The molecule has 1 aliphatic rings. The molecule has 5 heteroatoms. The summed E-state index contributed by atoms with van der Waals surface area (Å²) in [6.45, 7) is 4.25. The molecule has 0 unspecified atom stereocenters. The van der Waals surface area contributed by atoms with Gasteiger partial charge < -0.3 is 9.71 Å². The highest BCUT2D eigenvalue weighted by molar-refractivity contribution is 6.29. The van der Waals surface area contributed by atoms with E-state index in [4.69, 9.17) is 11.6 Å². The van der Waals surface area contributed by atoms with Gasteiger partial charge >= 0.3 is 0 Å². The summed E-state index contributed by atoms with van der Waals surface area (Å²) in [5, 5.41) is 0.571. The summed E-state index contributed by atoms with van der Waals surface area (Å²) < 4.78 is 0. The number of nitrogens with zero attached hydrogens (tertiary/aromatic N) is 3. The predicted molar refractivity (Wildman–Crippen MR) is 61.6 cm³/mol. The van der Waals surface area contributed by atoms with Crippen molar-refractivity contribution in [2.75, 3.05) is 31.1 Å². The molecule has 1 fully saturated rings. The second-order valence-electron chi connectivity index (χ2n) is 3.61. The Balaban J connectivity index is 2.08. The van der Waals surface area contributed by atoms with Gasteiger partial charge in [0.1, 0.15) is 11.0 Å². The maximum Gasteiger partial charge on any atom is 0.185 e. The Hall–Kier alpha value is -0.735. The van der Waals surface area contributed by atoms with Crippen molar-refractivity contribution in [2.24, 2.45) is 0 Å². The molecule has 0 spiro atoms. The first-order valence-electron chi connectivity index (χ1n) is 4.82. The van der Waals surface area contributed by atoms with Gasteiger partial charge in [0.05, 0.1) is 0 Å². The number of anilines is 1. The van der Waals surface area contributed by atoms with Crippen LogP contribution in [0.3, 0.4) is 0 Å². The monoisotopic (exact) mass is 209 g/mol. The SMILES string of the molecule is BN1CCN(c2cccc(Cl)n2)CC1. The van der Waals surface area contributed by atoms with Gasteiger partial charge in [-0.25, -0.2) is 4.98 Å². The molecular weight excluding hydrogens is 196 g/mol. The van der Waals surface area contributed by atoms with Gasteiger partial charge in [-0.1, -0.05) is 17.7 Å². The Labute approximate surface area is 90.1 Å². The molecule has 0 aliphatic carbocycles. The molecule has 0 atom stereocenters. The van der Waals surface area contributed by atoms with Crippen LogP contribution in [0.4, 0.5) is 5.82 Å². The molecule has 0 amide bonds. The largest absolute Gasteiger partial charge is 0.354 e. The molecule has 0 radical (unpaired) electrons. The van der Waals surface area contributed by atoms with Gasteiger partial charge in [-0.05, 0) is 12.1 Å². The number of hydrogen-bond donors (Lipinski definition) is 0. The number of aromatic nitrogens is 1. The maximum absolute atomic E-state index is 5.84. The Morgan fingerprint density at radius 1 is 1.21 bits per heavy atom. The van der Waals surface area contributed by atoms with Gasteiger partial charge in [-0.2, -0.15) is 0 Å². The van der Waals surface area contributed by atoms with Crippen LogP contribution < -0.4 is 4.90 Å². The third kappa shape index (κ3) is 2.19. The molecular formula is C9H13BClN3. The fourth-order valence-corrected chi connectivity index (χ4v) is 1.77. The highest BCUT2D eigenvalue weighted by Gasteiger charge is 2.14. The highest BCUT2D eigenvalue weighted by atomic mass is 35.5. The molecule has 1 aliphatic heterocycles. The van der Waals surface area contributed by atoms with E-state index in [2.05, 4.69) is 22.7 Å². The van der Waals surface area contributed by atoms with Crippen molar-refractivity contribution in [1.82, 2.24) is 9.79 Å². The summed E-state index contributed by atoms with van der Waals surface area (Å²) >= 11 is 5.84. The lowest BCUT2D eigenvalue weighted by Crippen LogP contribution is -2.45. The summed E-state index contributed by atoms with van der Waals surface area (Å²) in [5.74, 6) is 0.991. The number of piperazine rings is 1. The van der Waals surface area contributed by atoms with E-state index in [1.807, 2.05) is 12.1 Å². The zero-order valence-electron chi connectivity index (χ0n) is 8.28. The zero-order chi connectivity index (χ0) is 9.97. The van der Waals surface area contributed by atoms with Crippen molar-refractivity contribution < 1.29 is 0 Å². The van der Waals surface area contributed by atoms with E-state index in [9.17, 15) is 0 Å². The van der Waals surface area contributed by atoms with Gasteiger partial charge in [0.2, 0.25) is 0 Å². The first-order chi connectivity index (χ1) is 6.75. The maximum atomic E-state index is 5.84. The van der Waals surface area contributed by atoms with Crippen molar-refractivity contribution >= 4 is 25.4 Å². The standard InChI is InChI=1S/C9H13BClN3/c10-14-6-4-13(5-7-14)9-3-1-2-8(11)12-9/h1-3H,4-7,10H2. The molecule has 2 heterocycles. The van der Waals surface area contributed by atoms with Crippen LogP contribution in [-0.4, -0.2) is 44.0 Å². The fraction of sp³-hybridized carbons (Fsp3) is 0.444. The molecule has 1 aromatic rings. The topological polar surface area (TPSA) is 19.4 Å². The van der Waals surface area contributed by atoms with Crippen molar-refractivity contribution in [3.63, 3.8) is 0 Å². The molecule has 1 aromatic heterocycles. The minimum Gasteiger partial charge on any atom is -0.354 e. The second-order valence-corrected chi connectivity index (χ2v) is 4.00. The summed E-state index contributed by atoms with van der Waals surface area (Å²) in [6.07, 6.45) is 0. The molecule has 14 heavy (non-hydrogen) atoms. The molecule has 1 saturated heterocycles. The predicted octanol–water partition coefficient (Wildman–Crippen LogP) is 0.405. The van der Waals surface area contributed by atoms with E-state index >= 15 is 0 Å². The average Bonchev–Trinajstić information content (AvgIpc) is 2.19. The van der Waals surface area contributed by atoms with Crippen LogP contribution in [0, 0.1) is 0 Å². The van der Waals surface area contributed by atoms with E-state index in [1.165, 1.54) is 0 Å². The van der Waals surface area contributed by atoms with Gasteiger partial charge in [0.25, 0.3) is 0 Å². The Morgan fingerprint density at radius 3 is 2.57 bits per heavy atom. The number of hydrogen-bond acceptors (Lipinski definition) is 3. The van der Waals surface area contributed by atoms with Gasteiger partial charge in [0.15, 0.2) is 7.98 Å². The van der Waals surface area contributed by atoms with Crippen molar-refractivity contribution in [3.05, 3.63) is 23.4 Å². The third-order valence-electron chi connectivity index (χ3n) is 2.53. The molecule has 0 saturated carbocycles. The molecule has 74 valence electrons. The summed E-state index contributed by atoms with van der Waals surface area (Å²) in [6, 6.07) is 5.77. The normalized spacial score (nSPS) is 18.5. The summed E-state index contributed by atoms with van der Waals surface area (Å²) in [7, 11) is 2.14. The van der Waals surface area contributed by atoms with E-state index in [1.54, 1.807) is 6.07 Å². The van der Waals surface area contributed by atoms with Crippen molar-refractivity contribution in [2.45, 2.75) is 0 Å². The summed E-state index contributed by atoms with van der Waals surface area (Å²) in [5.41, 5.74) is 0. The molecule has 2 rings (SSSR count). The van der Waals surface area contributed by atoms with Crippen LogP contribution >= 0.6 is 11.6 Å². The minimum atomic E-state index is 0.571. The number of halogens is 1. The number of pyridine rings is 1. The van der Waals surface area contributed by atoms with Crippen molar-refractivity contribution in [1.29, 1.82) is 0 Å². The van der Waals surface area contributed by atoms with Crippen LogP contribution in [0.5, 0.6) is 0 Å². The van der Waals surface area contributed by atoms with Gasteiger partial charge in [-0.15, -0.1) is 0 Å². The summed E-state index contributed by atoms with van der Waals surface area (Å²) in [4.78, 5) is 8.88.